The highest BCUT2D eigenvalue weighted by Gasteiger charge is 2.26. The molecule has 0 bridgehead atoms. The number of methoxy groups -OCH3 is 1. The Morgan fingerprint density at radius 2 is 1.79 bits per heavy atom. The Hall–Kier alpha value is -0.160. The smallest absolute Gasteiger partial charge is 0.0589 e. The van der Waals surface area contributed by atoms with E-state index in [1.54, 1.807) is 7.11 Å². The summed E-state index contributed by atoms with van der Waals surface area (Å²) in [6.07, 6.45) is 1.37. The molecule has 4 nitrogen and oxygen atoms in total. The summed E-state index contributed by atoms with van der Waals surface area (Å²) in [5.41, 5.74) is 0. The van der Waals surface area contributed by atoms with Gasteiger partial charge in [-0.05, 0) is 32.7 Å². The standard InChI is InChI=1S/C15H31N3O/c1-14(2)18-8-6-17(7-9-18)13-15-4-5-16(12-15)10-11-19-3/h14-15H,4-13H2,1-3H3. The van der Waals surface area contributed by atoms with Gasteiger partial charge in [-0.1, -0.05) is 0 Å². The summed E-state index contributed by atoms with van der Waals surface area (Å²) in [6.45, 7) is 15.4. The summed E-state index contributed by atoms with van der Waals surface area (Å²) in [6, 6.07) is 0.707. The van der Waals surface area contributed by atoms with Crippen molar-refractivity contribution in [2.75, 3.05) is 66.1 Å². The van der Waals surface area contributed by atoms with Crippen LogP contribution in [0.15, 0.2) is 0 Å². The summed E-state index contributed by atoms with van der Waals surface area (Å²) >= 11 is 0. The van der Waals surface area contributed by atoms with Crippen LogP contribution in [0.4, 0.5) is 0 Å². The number of hydrogen-bond donors (Lipinski definition) is 0. The zero-order valence-corrected chi connectivity index (χ0v) is 13.0. The molecule has 0 saturated carbocycles. The maximum atomic E-state index is 5.17. The van der Waals surface area contributed by atoms with E-state index in [-0.39, 0.29) is 0 Å². The van der Waals surface area contributed by atoms with Gasteiger partial charge < -0.3 is 14.5 Å². The van der Waals surface area contributed by atoms with Gasteiger partial charge in [-0.15, -0.1) is 0 Å². The molecule has 0 amide bonds. The molecule has 1 unspecified atom stereocenters. The van der Waals surface area contributed by atoms with Gasteiger partial charge in [-0.2, -0.15) is 0 Å². The fourth-order valence-electron chi connectivity index (χ4n) is 3.31. The monoisotopic (exact) mass is 269 g/mol. The second-order valence-corrected chi connectivity index (χ2v) is 6.38. The predicted octanol–water partition coefficient (Wildman–Crippen LogP) is 0.981. The molecule has 2 aliphatic rings. The van der Waals surface area contributed by atoms with E-state index in [0.29, 0.717) is 6.04 Å². The van der Waals surface area contributed by atoms with Crippen molar-refractivity contribution in [2.45, 2.75) is 26.3 Å². The molecule has 2 rings (SSSR count). The molecule has 2 heterocycles. The minimum Gasteiger partial charge on any atom is -0.383 e. The average Bonchev–Trinajstić information content (AvgIpc) is 2.84. The van der Waals surface area contributed by atoms with E-state index in [9.17, 15) is 0 Å². The van der Waals surface area contributed by atoms with Crippen molar-refractivity contribution in [1.29, 1.82) is 0 Å². The third-order valence-corrected chi connectivity index (χ3v) is 4.64. The number of ether oxygens (including phenoxy) is 1. The van der Waals surface area contributed by atoms with Gasteiger partial charge in [0.1, 0.15) is 0 Å². The Balaban J connectivity index is 1.64. The van der Waals surface area contributed by atoms with Gasteiger partial charge in [0.25, 0.3) is 0 Å². The molecular formula is C15H31N3O. The van der Waals surface area contributed by atoms with E-state index < -0.39 is 0 Å². The minimum absolute atomic E-state index is 0.707. The molecule has 2 saturated heterocycles. The molecule has 19 heavy (non-hydrogen) atoms. The highest BCUT2D eigenvalue weighted by molar-refractivity contribution is 4.81. The molecule has 0 N–H and O–H groups in total. The van der Waals surface area contributed by atoms with Gasteiger partial charge in [-0.3, -0.25) is 4.90 Å². The highest BCUT2D eigenvalue weighted by Crippen LogP contribution is 2.18. The van der Waals surface area contributed by atoms with Crippen molar-refractivity contribution in [1.82, 2.24) is 14.7 Å². The Labute approximate surface area is 118 Å². The molecule has 2 fully saturated rings. The number of hydrogen-bond acceptors (Lipinski definition) is 4. The lowest BCUT2D eigenvalue weighted by Gasteiger charge is -2.37. The van der Waals surface area contributed by atoms with Gasteiger partial charge in [-0.25, -0.2) is 0 Å². The molecule has 4 heteroatoms. The first-order chi connectivity index (χ1) is 9.19. The van der Waals surface area contributed by atoms with Gasteiger partial charge >= 0.3 is 0 Å². The molecule has 0 aromatic rings. The van der Waals surface area contributed by atoms with Crippen LogP contribution in [0.3, 0.4) is 0 Å². The molecular weight excluding hydrogens is 238 g/mol. The van der Waals surface area contributed by atoms with Crippen LogP contribution in [0.2, 0.25) is 0 Å². The SMILES string of the molecule is COCCN1CCC(CN2CCN(C(C)C)CC2)C1. The van der Waals surface area contributed by atoms with E-state index in [2.05, 4.69) is 28.5 Å². The summed E-state index contributed by atoms with van der Waals surface area (Å²) in [7, 11) is 1.79. The van der Waals surface area contributed by atoms with Gasteiger partial charge in [0.05, 0.1) is 6.61 Å². The molecule has 0 aromatic heterocycles. The van der Waals surface area contributed by atoms with Crippen LogP contribution < -0.4 is 0 Å². The largest absolute Gasteiger partial charge is 0.383 e. The Morgan fingerprint density at radius 3 is 2.42 bits per heavy atom. The first-order valence-corrected chi connectivity index (χ1v) is 7.86. The summed E-state index contributed by atoms with van der Waals surface area (Å²) in [4.78, 5) is 7.82. The number of rotatable bonds is 6. The number of nitrogens with zero attached hydrogens (tertiary/aromatic N) is 3. The molecule has 0 radical (unpaired) electrons. The fourth-order valence-corrected chi connectivity index (χ4v) is 3.31. The minimum atomic E-state index is 0.707. The van der Waals surface area contributed by atoms with Crippen LogP contribution in [-0.2, 0) is 4.74 Å². The average molecular weight is 269 g/mol. The lowest BCUT2D eigenvalue weighted by molar-refractivity contribution is 0.0963. The number of piperazine rings is 1. The Bertz CT molecular complexity index is 252. The summed E-state index contributed by atoms with van der Waals surface area (Å²) in [5.74, 6) is 0.877. The zero-order chi connectivity index (χ0) is 13.7. The molecule has 2 aliphatic heterocycles. The van der Waals surface area contributed by atoms with Crippen molar-refractivity contribution in [2.24, 2.45) is 5.92 Å². The molecule has 1 atom stereocenters. The maximum Gasteiger partial charge on any atom is 0.0589 e. The maximum absolute atomic E-state index is 5.17. The van der Waals surface area contributed by atoms with Crippen molar-refractivity contribution in [3.05, 3.63) is 0 Å². The van der Waals surface area contributed by atoms with Crippen LogP contribution >= 0.6 is 0 Å². The summed E-state index contributed by atoms with van der Waals surface area (Å²) in [5, 5.41) is 0. The Kier molecular flexibility index (Phi) is 6.07. The van der Waals surface area contributed by atoms with Crippen LogP contribution in [0, 0.1) is 5.92 Å². The molecule has 0 spiro atoms. The first-order valence-electron chi connectivity index (χ1n) is 7.86. The van der Waals surface area contributed by atoms with Crippen molar-refractivity contribution in [3.8, 4) is 0 Å². The molecule has 112 valence electrons. The van der Waals surface area contributed by atoms with Gasteiger partial charge in [0, 0.05) is 59.0 Å². The Morgan fingerprint density at radius 1 is 1.05 bits per heavy atom. The van der Waals surface area contributed by atoms with E-state index >= 15 is 0 Å². The van der Waals surface area contributed by atoms with Crippen molar-refractivity contribution < 1.29 is 4.74 Å². The van der Waals surface area contributed by atoms with Crippen LogP contribution in [0.25, 0.3) is 0 Å². The lowest BCUT2D eigenvalue weighted by Crippen LogP contribution is -2.50. The van der Waals surface area contributed by atoms with E-state index in [4.69, 9.17) is 4.74 Å². The predicted molar refractivity (Wildman–Crippen MR) is 79.6 cm³/mol. The van der Waals surface area contributed by atoms with Crippen molar-refractivity contribution >= 4 is 0 Å². The molecule has 0 aliphatic carbocycles. The van der Waals surface area contributed by atoms with Gasteiger partial charge in [0.2, 0.25) is 0 Å². The van der Waals surface area contributed by atoms with Crippen LogP contribution in [-0.4, -0.2) is 86.8 Å². The fraction of sp³-hybridized carbons (Fsp3) is 1.00. The highest BCUT2D eigenvalue weighted by atomic mass is 16.5. The first kappa shape index (κ1) is 15.2. The lowest BCUT2D eigenvalue weighted by atomic mass is 10.1. The van der Waals surface area contributed by atoms with Crippen molar-refractivity contribution in [3.63, 3.8) is 0 Å². The topological polar surface area (TPSA) is 19.0 Å². The second-order valence-electron chi connectivity index (χ2n) is 6.38. The van der Waals surface area contributed by atoms with E-state index in [1.807, 2.05) is 0 Å². The zero-order valence-electron chi connectivity index (χ0n) is 13.0. The van der Waals surface area contributed by atoms with E-state index in [0.717, 1.165) is 19.1 Å². The third-order valence-electron chi connectivity index (χ3n) is 4.64. The normalized spacial score (nSPS) is 27.5. The summed E-state index contributed by atoms with van der Waals surface area (Å²) < 4.78 is 5.17. The van der Waals surface area contributed by atoms with E-state index in [1.165, 1.54) is 52.2 Å². The quantitative estimate of drug-likeness (QED) is 0.715. The second kappa shape index (κ2) is 7.58. The van der Waals surface area contributed by atoms with Crippen LogP contribution in [0.5, 0.6) is 0 Å². The molecule has 0 aromatic carbocycles. The van der Waals surface area contributed by atoms with Crippen LogP contribution in [0.1, 0.15) is 20.3 Å². The number of likely N-dealkylation sites (tertiary alicyclic amines) is 1. The third kappa shape index (κ3) is 4.71. The van der Waals surface area contributed by atoms with Gasteiger partial charge in [0.15, 0.2) is 0 Å².